The average molecular weight is 420 g/mol. The van der Waals surface area contributed by atoms with Crippen LogP contribution in [0.5, 0.6) is 0 Å². The number of nitrogens with zero attached hydrogens (tertiary/aromatic N) is 2. The number of amides is 2. The van der Waals surface area contributed by atoms with Crippen molar-refractivity contribution in [3.63, 3.8) is 0 Å². The summed E-state index contributed by atoms with van der Waals surface area (Å²) < 4.78 is 0. The van der Waals surface area contributed by atoms with E-state index in [1.165, 1.54) is 0 Å². The summed E-state index contributed by atoms with van der Waals surface area (Å²) in [5.74, 6) is 0.341. The maximum Gasteiger partial charge on any atom is 0.233 e. The van der Waals surface area contributed by atoms with Gasteiger partial charge >= 0.3 is 0 Å². The fourth-order valence-electron chi connectivity index (χ4n) is 4.55. The zero-order valence-corrected chi connectivity index (χ0v) is 18.9. The molecule has 2 aliphatic rings. The molecule has 160 valence electrons. The van der Waals surface area contributed by atoms with Crippen LogP contribution in [-0.2, 0) is 15.0 Å². The molecular weight excluding hydrogens is 386 g/mol. The third-order valence-electron chi connectivity index (χ3n) is 6.19. The molecule has 1 saturated carbocycles. The molecule has 0 unspecified atom stereocenters. The number of halogens is 1. The van der Waals surface area contributed by atoms with Crippen LogP contribution in [0, 0.1) is 11.3 Å². The van der Waals surface area contributed by atoms with Crippen LogP contribution in [0.4, 0.5) is 0 Å². The summed E-state index contributed by atoms with van der Waals surface area (Å²) in [4.78, 5) is 29.9. The van der Waals surface area contributed by atoms with Crippen LogP contribution in [0.2, 0.25) is 5.02 Å². The Morgan fingerprint density at radius 3 is 2.28 bits per heavy atom. The first-order valence-corrected chi connectivity index (χ1v) is 11.0. The molecule has 5 nitrogen and oxygen atoms in total. The molecule has 3 rings (SSSR count). The van der Waals surface area contributed by atoms with Crippen molar-refractivity contribution >= 4 is 23.4 Å². The minimum Gasteiger partial charge on any atom is -0.355 e. The Morgan fingerprint density at radius 2 is 1.76 bits per heavy atom. The summed E-state index contributed by atoms with van der Waals surface area (Å²) in [6, 6.07) is 7.67. The Morgan fingerprint density at radius 1 is 1.17 bits per heavy atom. The number of carbonyl (C=O) groups is 2. The van der Waals surface area contributed by atoms with E-state index in [1.54, 1.807) is 0 Å². The fraction of sp³-hybridized carbons (Fsp3) is 0.652. The number of nitrogens with one attached hydrogen (secondary N) is 1. The van der Waals surface area contributed by atoms with Crippen molar-refractivity contribution in [3.8, 4) is 0 Å². The normalized spacial score (nSPS) is 19.3. The number of likely N-dealkylation sites (tertiary alicyclic amines) is 1. The lowest BCUT2D eigenvalue weighted by molar-refractivity contribution is -0.137. The second-order valence-electron chi connectivity index (χ2n) is 9.78. The minimum atomic E-state index is -0.365. The smallest absolute Gasteiger partial charge is 0.233 e. The molecule has 2 amide bonds. The van der Waals surface area contributed by atoms with E-state index >= 15 is 0 Å². The van der Waals surface area contributed by atoms with Crippen LogP contribution >= 0.6 is 11.6 Å². The topological polar surface area (TPSA) is 52.7 Å². The van der Waals surface area contributed by atoms with Crippen LogP contribution in [-0.4, -0.2) is 61.9 Å². The lowest BCUT2D eigenvalue weighted by Crippen LogP contribution is -2.48. The SMILES string of the molecule is CN(C)CC(C)(C)CNC(=O)C1CCN(C(=O)C2(c3ccc(Cl)cc3)CC2)CC1. The van der Waals surface area contributed by atoms with E-state index in [2.05, 4.69) is 24.1 Å². The first-order valence-electron chi connectivity index (χ1n) is 10.6. The van der Waals surface area contributed by atoms with Crippen LogP contribution < -0.4 is 5.32 Å². The summed E-state index contributed by atoms with van der Waals surface area (Å²) in [5, 5.41) is 3.83. The third kappa shape index (κ3) is 5.32. The zero-order chi connectivity index (χ0) is 21.2. The maximum absolute atomic E-state index is 13.2. The Bertz CT molecular complexity index is 733. The van der Waals surface area contributed by atoms with Gasteiger partial charge in [0.05, 0.1) is 5.41 Å². The maximum atomic E-state index is 13.2. The van der Waals surface area contributed by atoms with Gasteiger partial charge < -0.3 is 15.1 Å². The molecule has 1 aliphatic carbocycles. The predicted octanol–water partition coefficient (Wildman–Crippen LogP) is 3.31. The van der Waals surface area contributed by atoms with E-state index in [1.807, 2.05) is 43.3 Å². The van der Waals surface area contributed by atoms with Gasteiger partial charge in [-0.25, -0.2) is 0 Å². The quantitative estimate of drug-likeness (QED) is 0.737. The van der Waals surface area contributed by atoms with Crippen molar-refractivity contribution in [1.82, 2.24) is 15.1 Å². The van der Waals surface area contributed by atoms with Gasteiger partial charge in [0.1, 0.15) is 0 Å². The largest absolute Gasteiger partial charge is 0.355 e. The van der Waals surface area contributed by atoms with Crippen molar-refractivity contribution in [2.75, 3.05) is 40.3 Å². The van der Waals surface area contributed by atoms with Gasteiger partial charge in [-0.3, -0.25) is 9.59 Å². The van der Waals surface area contributed by atoms with E-state index in [4.69, 9.17) is 11.6 Å². The van der Waals surface area contributed by atoms with E-state index in [0.29, 0.717) is 24.7 Å². The van der Waals surface area contributed by atoms with Crippen molar-refractivity contribution in [1.29, 1.82) is 0 Å². The molecule has 1 heterocycles. The molecule has 2 fully saturated rings. The second-order valence-corrected chi connectivity index (χ2v) is 10.2. The fourth-order valence-corrected chi connectivity index (χ4v) is 4.68. The molecular formula is C23H34ClN3O2. The van der Waals surface area contributed by atoms with Gasteiger partial charge in [0.2, 0.25) is 11.8 Å². The Balaban J connectivity index is 1.51. The van der Waals surface area contributed by atoms with Crippen LogP contribution in [0.3, 0.4) is 0 Å². The molecule has 0 atom stereocenters. The van der Waals surface area contributed by atoms with E-state index in [9.17, 15) is 9.59 Å². The highest BCUT2D eigenvalue weighted by Gasteiger charge is 2.53. The number of benzene rings is 1. The van der Waals surface area contributed by atoms with Crippen molar-refractivity contribution < 1.29 is 9.59 Å². The summed E-state index contributed by atoms with van der Waals surface area (Å²) in [5.41, 5.74) is 0.734. The molecule has 0 spiro atoms. The average Bonchev–Trinajstić information content (AvgIpc) is 3.47. The molecule has 29 heavy (non-hydrogen) atoms. The van der Waals surface area contributed by atoms with Crippen LogP contribution in [0.1, 0.15) is 45.1 Å². The molecule has 1 aromatic rings. The van der Waals surface area contributed by atoms with Crippen molar-refractivity contribution in [3.05, 3.63) is 34.9 Å². The highest BCUT2D eigenvalue weighted by molar-refractivity contribution is 6.30. The van der Waals surface area contributed by atoms with E-state index in [-0.39, 0.29) is 28.6 Å². The first kappa shape index (κ1) is 22.1. The molecule has 0 aromatic heterocycles. The number of carbonyl (C=O) groups excluding carboxylic acids is 2. The molecule has 1 aromatic carbocycles. The van der Waals surface area contributed by atoms with Gasteiger partial charge in [-0.2, -0.15) is 0 Å². The van der Waals surface area contributed by atoms with Gasteiger partial charge in [-0.05, 0) is 62.9 Å². The molecule has 1 saturated heterocycles. The monoisotopic (exact) mass is 419 g/mol. The number of hydrogen-bond acceptors (Lipinski definition) is 3. The summed E-state index contributed by atoms with van der Waals surface area (Å²) in [6.07, 6.45) is 3.27. The number of rotatable bonds is 7. The van der Waals surface area contributed by atoms with Gasteiger partial charge in [0.25, 0.3) is 0 Å². The first-order chi connectivity index (χ1) is 13.6. The number of piperidine rings is 1. The van der Waals surface area contributed by atoms with Gasteiger partial charge in [-0.15, -0.1) is 0 Å². The third-order valence-corrected chi connectivity index (χ3v) is 6.45. The molecule has 0 radical (unpaired) electrons. The zero-order valence-electron chi connectivity index (χ0n) is 18.1. The van der Waals surface area contributed by atoms with Gasteiger partial charge in [0, 0.05) is 37.1 Å². The Labute approximate surface area is 179 Å². The summed E-state index contributed by atoms with van der Waals surface area (Å²) >= 11 is 6.00. The molecule has 1 N–H and O–H groups in total. The lowest BCUT2D eigenvalue weighted by Gasteiger charge is -2.35. The van der Waals surface area contributed by atoms with Crippen LogP contribution in [0.15, 0.2) is 24.3 Å². The lowest BCUT2D eigenvalue weighted by atomic mass is 9.90. The summed E-state index contributed by atoms with van der Waals surface area (Å²) in [6.45, 7) is 7.25. The molecule has 1 aliphatic heterocycles. The second kappa shape index (κ2) is 8.65. The number of hydrogen-bond donors (Lipinski definition) is 1. The van der Waals surface area contributed by atoms with E-state index in [0.717, 1.165) is 37.8 Å². The van der Waals surface area contributed by atoms with Crippen molar-refractivity contribution in [2.24, 2.45) is 11.3 Å². The molecule has 0 bridgehead atoms. The van der Waals surface area contributed by atoms with Crippen LogP contribution in [0.25, 0.3) is 0 Å². The van der Waals surface area contributed by atoms with Gasteiger partial charge in [0.15, 0.2) is 0 Å². The van der Waals surface area contributed by atoms with Crippen molar-refractivity contribution in [2.45, 2.75) is 44.9 Å². The Hall–Kier alpha value is -1.59. The van der Waals surface area contributed by atoms with E-state index < -0.39 is 0 Å². The highest BCUT2D eigenvalue weighted by atomic mass is 35.5. The minimum absolute atomic E-state index is 0.000101. The Kier molecular flexibility index (Phi) is 6.59. The highest BCUT2D eigenvalue weighted by Crippen LogP contribution is 2.50. The molecule has 6 heteroatoms. The predicted molar refractivity (Wildman–Crippen MR) is 117 cm³/mol. The van der Waals surface area contributed by atoms with Gasteiger partial charge in [-0.1, -0.05) is 37.6 Å². The summed E-state index contributed by atoms with van der Waals surface area (Å²) in [7, 11) is 4.10. The standard InChI is InChI=1S/C23H34ClN3O2/c1-22(2,16-26(3)4)15-25-20(28)17-9-13-27(14-10-17)21(29)23(11-12-23)18-5-7-19(24)8-6-18/h5-8,17H,9-16H2,1-4H3,(H,25,28).